The molecule has 5 heteroatoms. The van der Waals surface area contributed by atoms with E-state index in [0.717, 1.165) is 5.69 Å². The lowest BCUT2D eigenvalue weighted by Crippen LogP contribution is -1.95. The third kappa shape index (κ3) is 2.26. The van der Waals surface area contributed by atoms with Gasteiger partial charge >= 0.3 is 0 Å². The first kappa shape index (κ1) is 12.7. The number of hydrogen-bond donors (Lipinski definition) is 1. The van der Waals surface area contributed by atoms with E-state index in [9.17, 15) is 4.39 Å². The molecule has 0 atom stereocenters. The van der Waals surface area contributed by atoms with Crippen LogP contribution < -0.4 is 5.73 Å². The van der Waals surface area contributed by atoms with Gasteiger partial charge in [0.2, 0.25) is 0 Å². The van der Waals surface area contributed by atoms with Gasteiger partial charge in [0.15, 0.2) is 0 Å². The number of halogens is 2. The third-order valence-corrected chi connectivity index (χ3v) is 3.21. The van der Waals surface area contributed by atoms with Crippen molar-refractivity contribution in [2.45, 2.75) is 0 Å². The van der Waals surface area contributed by atoms with Gasteiger partial charge in [-0.3, -0.25) is 0 Å². The van der Waals surface area contributed by atoms with E-state index in [0.29, 0.717) is 22.0 Å². The first-order valence-electron chi connectivity index (χ1n) is 6.01. The van der Waals surface area contributed by atoms with Crippen LogP contribution >= 0.6 is 11.6 Å². The maximum Gasteiger partial charge on any atom is 0.132 e. The highest BCUT2D eigenvalue weighted by Gasteiger charge is 2.13. The van der Waals surface area contributed by atoms with Crippen molar-refractivity contribution in [1.29, 1.82) is 0 Å². The first-order chi connectivity index (χ1) is 9.65. The van der Waals surface area contributed by atoms with Gasteiger partial charge in [-0.15, -0.1) is 0 Å². The molecule has 3 rings (SSSR count). The van der Waals surface area contributed by atoms with E-state index < -0.39 is 0 Å². The molecule has 0 amide bonds. The number of nitrogen functional groups attached to an aromatic ring is 1. The summed E-state index contributed by atoms with van der Waals surface area (Å²) in [5.74, 6) is -0.347. The molecule has 0 saturated carbocycles. The van der Waals surface area contributed by atoms with Crippen LogP contribution in [0, 0.1) is 5.82 Å². The van der Waals surface area contributed by atoms with Crippen LogP contribution in [0.25, 0.3) is 16.9 Å². The summed E-state index contributed by atoms with van der Waals surface area (Å²) in [5, 5.41) is 4.99. The fraction of sp³-hybridized carbons (Fsp3) is 0. The summed E-state index contributed by atoms with van der Waals surface area (Å²) in [7, 11) is 0. The number of hydrogen-bond acceptors (Lipinski definition) is 2. The summed E-state index contributed by atoms with van der Waals surface area (Å²) < 4.78 is 15.4. The molecule has 2 aromatic carbocycles. The molecule has 100 valence electrons. The molecule has 1 aromatic heterocycles. The Morgan fingerprint density at radius 2 is 1.75 bits per heavy atom. The van der Waals surface area contributed by atoms with Crippen molar-refractivity contribution < 1.29 is 4.39 Å². The van der Waals surface area contributed by atoms with Gasteiger partial charge in [0.05, 0.1) is 17.6 Å². The largest absolute Gasteiger partial charge is 0.396 e. The van der Waals surface area contributed by atoms with Crippen molar-refractivity contribution in [3.05, 3.63) is 65.6 Å². The molecule has 0 unspecified atom stereocenters. The second-order valence-corrected chi connectivity index (χ2v) is 4.77. The van der Waals surface area contributed by atoms with Crippen LogP contribution in [-0.2, 0) is 0 Å². The molecule has 3 nitrogen and oxygen atoms in total. The average Bonchev–Trinajstić information content (AvgIpc) is 2.82. The predicted molar refractivity (Wildman–Crippen MR) is 78.4 cm³/mol. The van der Waals surface area contributed by atoms with Gasteiger partial charge < -0.3 is 5.73 Å². The second-order valence-electron chi connectivity index (χ2n) is 4.33. The molecule has 2 N–H and O–H groups in total. The van der Waals surface area contributed by atoms with E-state index >= 15 is 0 Å². The Morgan fingerprint density at radius 1 is 1.05 bits per heavy atom. The molecule has 0 bridgehead atoms. The Morgan fingerprint density at radius 3 is 2.45 bits per heavy atom. The smallest absolute Gasteiger partial charge is 0.132 e. The number of nitrogens with zero attached hydrogens (tertiary/aromatic N) is 2. The van der Waals surface area contributed by atoms with Crippen molar-refractivity contribution in [3.63, 3.8) is 0 Å². The summed E-state index contributed by atoms with van der Waals surface area (Å²) in [5.41, 5.74) is 7.98. The lowest BCUT2D eigenvalue weighted by Gasteiger charge is -2.01. The summed E-state index contributed by atoms with van der Waals surface area (Å²) in [4.78, 5) is 0. The number of benzene rings is 2. The lowest BCUT2D eigenvalue weighted by atomic mass is 10.1. The zero-order valence-electron chi connectivity index (χ0n) is 10.4. The molecule has 0 aliphatic rings. The number of anilines is 1. The molecule has 0 spiro atoms. The predicted octanol–water partition coefficient (Wildman–Crippen LogP) is 3.91. The Kier molecular flexibility index (Phi) is 3.16. The van der Waals surface area contributed by atoms with Crippen molar-refractivity contribution in [1.82, 2.24) is 9.78 Å². The van der Waals surface area contributed by atoms with Crippen LogP contribution in [0.2, 0.25) is 5.02 Å². The molecular weight excluding hydrogens is 277 g/mol. The van der Waals surface area contributed by atoms with Gasteiger partial charge in [-0.1, -0.05) is 23.7 Å². The molecule has 0 saturated heterocycles. The number of aromatic nitrogens is 2. The van der Waals surface area contributed by atoms with Crippen LogP contribution in [0.5, 0.6) is 0 Å². The Labute approximate surface area is 120 Å². The van der Waals surface area contributed by atoms with Crippen molar-refractivity contribution in [3.8, 4) is 16.9 Å². The molecule has 0 radical (unpaired) electrons. The van der Waals surface area contributed by atoms with Crippen LogP contribution in [0.15, 0.2) is 54.7 Å². The molecule has 0 fully saturated rings. The topological polar surface area (TPSA) is 43.8 Å². The molecule has 3 aromatic rings. The minimum absolute atomic E-state index is 0.347. The van der Waals surface area contributed by atoms with Crippen LogP contribution in [0.1, 0.15) is 0 Å². The summed E-state index contributed by atoms with van der Waals surface area (Å²) in [6, 6.07) is 13.6. The molecule has 0 aliphatic heterocycles. The van der Waals surface area contributed by atoms with Gasteiger partial charge in [-0.05, 0) is 36.4 Å². The highest BCUT2D eigenvalue weighted by atomic mass is 35.5. The van der Waals surface area contributed by atoms with Gasteiger partial charge in [0.1, 0.15) is 11.5 Å². The summed E-state index contributed by atoms with van der Waals surface area (Å²) in [6.07, 6.45) is 1.66. The van der Waals surface area contributed by atoms with E-state index in [2.05, 4.69) is 5.10 Å². The Bertz CT molecular complexity index is 750. The van der Waals surface area contributed by atoms with E-state index in [1.807, 2.05) is 12.1 Å². The minimum atomic E-state index is -0.347. The maximum absolute atomic E-state index is 13.8. The normalized spacial score (nSPS) is 10.7. The molecule has 0 aliphatic carbocycles. The van der Waals surface area contributed by atoms with Crippen LogP contribution in [-0.4, -0.2) is 9.78 Å². The van der Waals surface area contributed by atoms with Gasteiger partial charge in [-0.2, -0.15) is 5.10 Å². The van der Waals surface area contributed by atoms with Crippen LogP contribution in [0.3, 0.4) is 0 Å². The van der Waals surface area contributed by atoms with E-state index in [4.69, 9.17) is 17.3 Å². The van der Waals surface area contributed by atoms with Gasteiger partial charge in [0.25, 0.3) is 0 Å². The fourth-order valence-corrected chi connectivity index (χ4v) is 2.10. The van der Waals surface area contributed by atoms with E-state index in [1.54, 1.807) is 41.2 Å². The summed E-state index contributed by atoms with van der Waals surface area (Å²) >= 11 is 5.85. The lowest BCUT2D eigenvalue weighted by molar-refractivity contribution is 0.630. The minimum Gasteiger partial charge on any atom is -0.396 e. The monoisotopic (exact) mass is 287 g/mol. The van der Waals surface area contributed by atoms with Gasteiger partial charge in [0, 0.05) is 10.6 Å². The molecule has 1 heterocycles. The van der Waals surface area contributed by atoms with E-state index in [-0.39, 0.29) is 5.82 Å². The van der Waals surface area contributed by atoms with Crippen molar-refractivity contribution in [2.24, 2.45) is 0 Å². The Balaban J connectivity index is 2.08. The maximum atomic E-state index is 13.8. The van der Waals surface area contributed by atoms with Gasteiger partial charge in [-0.25, -0.2) is 9.07 Å². The van der Waals surface area contributed by atoms with Crippen LogP contribution in [0.4, 0.5) is 10.1 Å². The zero-order valence-corrected chi connectivity index (χ0v) is 11.2. The average molecular weight is 288 g/mol. The number of nitrogens with two attached hydrogens (primary N) is 1. The first-order valence-corrected chi connectivity index (χ1v) is 6.39. The zero-order chi connectivity index (χ0) is 14.1. The highest BCUT2D eigenvalue weighted by molar-refractivity contribution is 6.30. The molecular formula is C15H11ClFN3. The third-order valence-electron chi connectivity index (χ3n) is 2.96. The number of rotatable bonds is 2. The highest BCUT2D eigenvalue weighted by Crippen LogP contribution is 2.27. The quantitative estimate of drug-likeness (QED) is 0.776. The SMILES string of the molecule is Nc1cn(-c2ccc(Cl)cc2)nc1-c1ccccc1F. The summed E-state index contributed by atoms with van der Waals surface area (Å²) in [6.45, 7) is 0. The standard InChI is InChI=1S/C15H11ClFN3/c16-10-5-7-11(8-6-10)20-9-14(18)15(19-20)12-3-1-2-4-13(12)17/h1-9H,18H2. The fourth-order valence-electron chi connectivity index (χ4n) is 1.98. The van der Waals surface area contributed by atoms with Crippen molar-refractivity contribution >= 4 is 17.3 Å². The molecule has 20 heavy (non-hydrogen) atoms. The van der Waals surface area contributed by atoms with Crippen molar-refractivity contribution in [2.75, 3.05) is 5.73 Å². The second kappa shape index (κ2) is 4.98. The van der Waals surface area contributed by atoms with E-state index in [1.165, 1.54) is 6.07 Å². The Hall–Kier alpha value is -2.33.